The molecule has 3 rings (SSSR count). The Labute approximate surface area is 147 Å². The predicted molar refractivity (Wildman–Crippen MR) is 96.3 cm³/mol. The molecule has 3 heterocycles. The molecule has 130 valence electrons. The quantitative estimate of drug-likeness (QED) is 0.853. The molecule has 0 aliphatic carbocycles. The van der Waals surface area contributed by atoms with Crippen molar-refractivity contribution in [3.8, 4) is 0 Å². The summed E-state index contributed by atoms with van der Waals surface area (Å²) in [6.07, 6.45) is 1.02. The maximum absolute atomic E-state index is 11.4. The molecule has 0 saturated carbocycles. The van der Waals surface area contributed by atoms with Gasteiger partial charge >= 0.3 is 0 Å². The van der Waals surface area contributed by atoms with Gasteiger partial charge in [-0.3, -0.25) is 14.6 Å². The molecule has 0 fully saturated rings. The molecule has 24 heavy (non-hydrogen) atoms. The molecule has 1 amide bonds. The number of thiazole rings is 1. The molecule has 0 spiro atoms. The fourth-order valence-electron chi connectivity index (χ4n) is 3.14. The lowest BCUT2D eigenvalue weighted by atomic mass is 10.1. The van der Waals surface area contributed by atoms with Gasteiger partial charge in [-0.2, -0.15) is 0 Å². The molecular formula is C17H25N5OS. The van der Waals surface area contributed by atoms with Crippen molar-refractivity contribution in [1.82, 2.24) is 19.4 Å². The smallest absolute Gasteiger partial charge is 0.225 e. The predicted octanol–water partition coefficient (Wildman–Crippen LogP) is 2.54. The lowest BCUT2D eigenvalue weighted by molar-refractivity contribution is -0.116. The number of carbonyl (C=O) groups is 1. The van der Waals surface area contributed by atoms with Crippen molar-refractivity contribution in [2.24, 2.45) is 7.05 Å². The van der Waals surface area contributed by atoms with Crippen molar-refractivity contribution in [2.75, 3.05) is 18.5 Å². The van der Waals surface area contributed by atoms with Gasteiger partial charge in [0, 0.05) is 64.1 Å². The molecule has 0 atom stereocenters. The van der Waals surface area contributed by atoms with E-state index in [1.165, 1.54) is 28.5 Å². The number of imidazole rings is 1. The highest BCUT2D eigenvalue weighted by molar-refractivity contribution is 7.14. The first-order valence-electron chi connectivity index (χ1n) is 8.32. The van der Waals surface area contributed by atoms with Crippen LogP contribution in [0.4, 0.5) is 5.13 Å². The summed E-state index contributed by atoms with van der Waals surface area (Å²) in [4.78, 5) is 24.9. The van der Waals surface area contributed by atoms with Crippen molar-refractivity contribution in [3.63, 3.8) is 0 Å². The molecule has 2 aromatic rings. The second-order valence-electron chi connectivity index (χ2n) is 6.74. The minimum Gasteiger partial charge on any atom is -0.335 e. The van der Waals surface area contributed by atoms with Crippen LogP contribution in [0.5, 0.6) is 0 Å². The molecule has 6 nitrogen and oxygen atoms in total. The van der Waals surface area contributed by atoms with Gasteiger partial charge in [0.15, 0.2) is 5.13 Å². The highest BCUT2D eigenvalue weighted by atomic mass is 32.1. The summed E-state index contributed by atoms with van der Waals surface area (Å²) >= 11 is 1.52. The van der Waals surface area contributed by atoms with Gasteiger partial charge in [0.05, 0.1) is 11.4 Å². The van der Waals surface area contributed by atoms with Crippen LogP contribution in [0.15, 0.2) is 5.38 Å². The topological polar surface area (TPSA) is 54.3 Å². The Hall–Kier alpha value is -1.73. The molecule has 0 aromatic carbocycles. The first kappa shape index (κ1) is 17.1. The van der Waals surface area contributed by atoms with Crippen LogP contribution in [0.25, 0.3) is 0 Å². The molecule has 0 saturated heterocycles. The number of hydrogen-bond acceptors (Lipinski definition) is 5. The van der Waals surface area contributed by atoms with Crippen LogP contribution in [0, 0.1) is 0 Å². The van der Waals surface area contributed by atoms with Crippen LogP contribution in [0.1, 0.15) is 49.6 Å². The Morgan fingerprint density at radius 2 is 2.17 bits per heavy atom. The highest BCUT2D eigenvalue weighted by Crippen LogP contribution is 2.25. The van der Waals surface area contributed by atoms with Crippen LogP contribution in [-0.2, 0) is 31.4 Å². The summed E-state index contributed by atoms with van der Waals surface area (Å²) in [7, 11) is 3.89. The first-order chi connectivity index (χ1) is 11.4. The first-order valence-corrected chi connectivity index (χ1v) is 9.20. The number of aromatic nitrogens is 3. The Morgan fingerprint density at radius 3 is 2.83 bits per heavy atom. The van der Waals surface area contributed by atoms with E-state index in [4.69, 9.17) is 4.98 Å². The van der Waals surface area contributed by atoms with Crippen LogP contribution in [0.2, 0.25) is 0 Å². The van der Waals surface area contributed by atoms with Crippen LogP contribution < -0.4 is 4.90 Å². The molecule has 0 N–H and O–H groups in total. The molecule has 1 aliphatic heterocycles. The van der Waals surface area contributed by atoms with E-state index in [1.807, 2.05) is 5.38 Å². The second-order valence-corrected chi connectivity index (χ2v) is 7.57. The summed E-state index contributed by atoms with van der Waals surface area (Å²) in [5, 5.41) is 2.80. The number of amides is 1. The van der Waals surface area contributed by atoms with Gasteiger partial charge in [-0.1, -0.05) is 13.8 Å². The van der Waals surface area contributed by atoms with E-state index >= 15 is 0 Å². The Kier molecular flexibility index (Phi) is 4.73. The number of carbonyl (C=O) groups excluding carboxylic acids is 1. The normalized spacial score (nSPS) is 14.9. The fraction of sp³-hybridized carbons (Fsp3) is 0.588. The standard InChI is InChI=1S/C17H25N5OS/c1-11(2)16-19-14-9-22(7-6-15(14)21(16)5)8-13-10-24-17(18-13)20(4)12(3)23/h10-11H,6-9H2,1-5H3. The number of rotatable bonds is 4. The van der Waals surface area contributed by atoms with Gasteiger partial charge in [0.25, 0.3) is 0 Å². The molecule has 7 heteroatoms. The molecular weight excluding hydrogens is 322 g/mol. The molecule has 1 aliphatic rings. The zero-order chi connectivity index (χ0) is 17.4. The number of fused-ring (bicyclic) bond motifs is 1. The monoisotopic (exact) mass is 347 g/mol. The largest absolute Gasteiger partial charge is 0.335 e. The van der Waals surface area contributed by atoms with Crippen molar-refractivity contribution in [1.29, 1.82) is 0 Å². The number of nitrogens with zero attached hydrogens (tertiary/aromatic N) is 5. The third kappa shape index (κ3) is 3.23. The van der Waals surface area contributed by atoms with Gasteiger partial charge in [-0.25, -0.2) is 9.97 Å². The van der Waals surface area contributed by atoms with E-state index < -0.39 is 0 Å². The van der Waals surface area contributed by atoms with E-state index in [0.29, 0.717) is 5.92 Å². The van der Waals surface area contributed by atoms with Crippen molar-refractivity contribution < 1.29 is 4.79 Å². The molecule has 0 bridgehead atoms. The van der Waals surface area contributed by atoms with E-state index in [1.54, 1.807) is 18.9 Å². The Bertz CT molecular complexity index is 748. The SMILES string of the molecule is CC(=O)N(C)c1nc(CN2CCc3c(nc(C(C)C)n3C)C2)cs1. The Balaban J connectivity index is 1.70. The van der Waals surface area contributed by atoms with Crippen LogP contribution >= 0.6 is 11.3 Å². The minimum absolute atomic E-state index is 0.00761. The van der Waals surface area contributed by atoms with Crippen molar-refractivity contribution >= 4 is 22.4 Å². The molecule has 0 radical (unpaired) electrons. The molecule has 0 unspecified atom stereocenters. The van der Waals surface area contributed by atoms with Crippen molar-refractivity contribution in [2.45, 2.75) is 46.2 Å². The van der Waals surface area contributed by atoms with Gasteiger partial charge in [-0.05, 0) is 0 Å². The summed E-state index contributed by atoms with van der Waals surface area (Å²) in [5.41, 5.74) is 3.58. The van der Waals surface area contributed by atoms with Gasteiger partial charge in [0.2, 0.25) is 5.91 Å². The third-order valence-corrected chi connectivity index (χ3v) is 5.54. The van der Waals surface area contributed by atoms with Gasteiger partial charge in [-0.15, -0.1) is 11.3 Å². The van der Waals surface area contributed by atoms with E-state index in [-0.39, 0.29) is 5.91 Å². The minimum atomic E-state index is 0.00761. The number of anilines is 1. The van der Waals surface area contributed by atoms with Crippen LogP contribution in [0.3, 0.4) is 0 Å². The lowest BCUT2D eigenvalue weighted by Gasteiger charge is -2.25. The highest BCUT2D eigenvalue weighted by Gasteiger charge is 2.24. The fourth-order valence-corrected chi connectivity index (χ4v) is 3.97. The summed E-state index contributed by atoms with van der Waals surface area (Å²) < 4.78 is 2.26. The van der Waals surface area contributed by atoms with Gasteiger partial charge in [0.1, 0.15) is 5.82 Å². The van der Waals surface area contributed by atoms with E-state index in [9.17, 15) is 4.79 Å². The average Bonchev–Trinajstić information content (AvgIpc) is 3.11. The summed E-state index contributed by atoms with van der Waals surface area (Å²) in [5.74, 6) is 1.62. The Morgan fingerprint density at radius 1 is 1.42 bits per heavy atom. The summed E-state index contributed by atoms with van der Waals surface area (Å²) in [6.45, 7) is 8.61. The third-order valence-electron chi connectivity index (χ3n) is 4.57. The van der Waals surface area contributed by atoms with Crippen molar-refractivity contribution in [3.05, 3.63) is 28.3 Å². The lowest BCUT2D eigenvalue weighted by Crippen LogP contribution is -2.31. The van der Waals surface area contributed by atoms with Gasteiger partial charge < -0.3 is 4.57 Å². The second kappa shape index (κ2) is 6.64. The maximum atomic E-state index is 11.4. The zero-order valence-corrected chi connectivity index (χ0v) is 15.9. The van der Waals surface area contributed by atoms with E-state index in [0.717, 1.165) is 36.9 Å². The van der Waals surface area contributed by atoms with Crippen LogP contribution in [-0.4, -0.2) is 38.9 Å². The number of hydrogen-bond donors (Lipinski definition) is 0. The summed E-state index contributed by atoms with van der Waals surface area (Å²) in [6, 6.07) is 0. The van der Waals surface area contributed by atoms with E-state index in [2.05, 4.69) is 35.3 Å². The zero-order valence-electron chi connectivity index (χ0n) is 15.0. The maximum Gasteiger partial charge on any atom is 0.225 e. The molecule has 2 aromatic heterocycles. The average molecular weight is 347 g/mol.